The Balaban J connectivity index is 1.79. The third-order valence-electron chi connectivity index (χ3n) is 3.80. The molecule has 0 heterocycles. The number of hydrogen-bond acceptors (Lipinski definition) is 2. The van der Waals surface area contributed by atoms with Gasteiger partial charge in [0.2, 0.25) is 0 Å². The van der Waals surface area contributed by atoms with E-state index in [0.29, 0.717) is 5.69 Å². The number of aromatic hydroxyl groups is 1. The van der Waals surface area contributed by atoms with Crippen molar-refractivity contribution in [3.63, 3.8) is 0 Å². The lowest BCUT2D eigenvalue weighted by Gasteiger charge is -2.16. The Bertz CT molecular complexity index is 650. The van der Waals surface area contributed by atoms with Crippen LogP contribution in [0.5, 0.6) is 5.75 Å². The van der Waals surface area contributed by atoms with Crippen LogP contribution in [-0.4, -0.2) is 5.11 Å². The van der Waals surface area contributed by atoms with E-state index >= 15 is 0 Å². The van der Waals surface area contributed by atoms with E-state index in [1.807, 2.05) is 6.07 Å². The fourth-order valence-corrected chi connectivity index (χ4v) is 2.74. The van der Waals surface area contributed by atoms with Crippen molar-refractivity contribution in [1.29, 1.82) is 0 Å². The molecule has 0 spiro atoms. The van der Waals surface area contributed by atoms with Gasteiger partial charge in [-0.15, -0.1) is 0 Å². The lowest BCUT2D eigenvalue weighted by molar-refractivity contribution is -0.137. The number of alkyl halides is 3. The lowest BCUT2D eigenvalue weighted by Crippen LogP contribution is -2.08. The van der Waals surface area contributed by atoms with Crippen molar-refractivity contribution in [2.24, 2.45) is 0 Å². The fraction of sp³-hybridized carbons (Fsp3) is 0.250. The lowest BCUT2D eigenvalue weighted by atomic mass is 10.1. The van der Waals surface area contributed by atoms with Gasteiger partial charge < -0.3 is 10.4 Å². The molecule has 0 amide bonds. The number of benzene rings is 2. The average molecular weight is 293 g/mol. The SMILES string of the molecule is Oc1cccc2c1CCC2Nc1ccc(C(F)(F)F)cc1. The molecule has 1 aliphatic rings. The minimum atomic E-state index is -4.32. The van der Waals surface area contributed by atoms with Crippen LogP contribution in [0, 0.1) is 0 Å². The van der Waals surface area contributed by atoms with Gasteiger partial charge in [0.05, 0.1) is 11.6 Å². The monoisotopic (exact) mass is 293 g/mol. The summed E-state index contributed by atoms with van der Waals surface area (Å²) >= 11 is 0. The number of halogens is 3. The highest BCUT2D eigenvalue weighted by atomic mass is 19.4. The maximum Gasteiger partial charge on any atom is 0.416 e. The highest BCUT2D eigenvalue weighted by Crippen LogP contribution is 2.38. The minimum Gasteiger partial charge on any atom is -0.508 e. The summed E-state index contributed by atoms with van der Waals surface area (Å²) in [5.74, 6) is 0.282. The summed E-state index contributed by atoms with van der Waals surface area (Å²) in [4.78, 5) is 0. The fourth-order valence-electron chi connectivity index (χ4n) is 2.74. The van der Waals surface area contributed by atoms with Crippen molar-refractivity contribution in [3.8, 4) is 5.75 Å². The smallest absolute Gasteiger partial charge is 0.416 e. The maximum atomic E-state index is 12.5. The molecule has 3 rings (SSSR count). The first-order valence-electron chi connectivity index (χ1n) is 6.70. The Morgan fingerprint density at radius 1 is 1.05 bits per heavy atom. The molecule has 2 nitrogen and oxygen atoms in total. The molecule has 0 fully saturated rings. The van der Waals surface area contributed by atoms with E-state index in [1.165, 1.54) is 12.1 Å². The molecule has 2 N–H and O–H groups in total. The number of anilines is 1. The highest BCUT2D eigenvalue weighted by molar-refractivity contribution is 5.51. The first kappa shape index (κ1) is 13.8. The van der Waals surface area contributed by atoms with Gasteiger partial charge in [0, 0.05) is 5.69 Å². The molecule has 1 aliphatic carbocycles. The molecule has 5 heteroatoms. The third kappa shape index (κ3) is 2.68. The Morgan fingerprint density at radius 3 is 2.43 bits per heavy atom. The first-order chi connectivity index (χ1) is 9.95. The molecule has 0 bridgehead atoms. The third-order valence-corrected chi connectivity index (χ3v) is 3.80. The number of phenolic OH excluding ortho intramolecular Hbond substituents is 1. The largest absolute Gasteiger partial charge is 0.508 e. The Morgan fingerprint density at radius 2 is 1.76 bits per heavy atom. The van der Waals surface area contributed by atoms with Crippen molar-refractivity contribution in [2.45, 2.75) is 25.1 Å². The molecule has 2 aromatic carbocycles. The van der Waals surface area contributed by atoms with Gasteiger partial charge in [-0.2, -0.15) is 13.2 Å². The van der Waals surface area contributed by atoms with E-state index in [-0.39, 0.29) is 11.8 Å². The quantitative estimate of drug-likeness (QED) is 0.853. The molecule has 2 aromatic rings. The van der Waals surface area contributed by atoms with Crippen LogP contribution in [0.3, 0.4) is 0 Å². The Kier molecular flexibility index (Phi) is 3.27. The molecular formula is C16H14F3NO. The van der Waals surface area contributed by atoms with Crippen molar-refractivity contribution in [3.05, 3.63) is 59.2 Å². The summed E-state index contributed by atoms with van der Waals surface area (Å²) in [6.45, 7) is 0. The summed E-state index contributed by atoms with van der Waals surface area (Å²) in [6, 6.07) is 10.4. The molecule has 0 saturated heterocycles. The second-order valence-electron chi connectivity index (χ2n) is 5.16. The zero-order chi connectivity index (χ0) is 15.0. The number of nitrogens with one attached hydrogen (secondary N) is 1. The van der Waals surface area contributed by atoms with Gasteiger partial charge in [0.1, 0.15) is 5.75 Å². The van der Waals surface area contributed by atoms with E-state index in [1.54, 1.807) is 12.1 Å². The van der Waals surface area contributed by atoms with Gasteiger partial charge in [-0.25, -0.2) is 0 Å². The van der Waals surface area contributed by atoms with Crippen molar-refractivity contribution < 1.29 is 18.3 Å². The van der Waals surface area contributed by atoms with Crippen molar-refractivity contribution in [1.82, 2.24) is 0 Å². The van der Waals surface area contributed by atoms with Gasteiger partial charge in [0.25, 0.3) is 0 Å². The van der Waals surface area contributed by atoms with Gasteiger partial charge in [0.15, 0.2) is 0 Å². The normalized spacial score (nSPS) is 17.6. The minimum absolute atomic E-state index is 0.0174. The summed E-state index contributed by atoms with van der Waals surface area (Å²) in [5, 5.41) is 13.0. The van der Waals surface area contributed by atoms with Gasteiger partial charge in [-0.05, 0) is 54.3 Å². The summed E-state index contributed by atoms with van der Waals surface area (Å²) in [7, 11) is 0. The van der Waals surface area contributed by atoms with E-state index < -0.39 is 11.7 Å². The second-order valence-corrected chi connectivity index (χ2v) is 5.16. The standard InChI is InChI=1S/C16H14F3NO/c17-16(18,19)10-4-6-11(7-5-10)20-14-9-8-13-12(14)2-1-3-15(13)21/h1-7,14,20-21H,8-9H2. The number of phenols is 1. The zero-order valence-electron chi connectivity index (χ0n) is 11.1. The van der Waals surface area contributed by atoms with E-state index in [9.17, 15) is 18.3 Å². The first-order valence-corrected chi connectivity index (χ1v) is 6.70. The van der Waals surface area contributed by atoms with E-state index in [2.05, 4.69) is 5.32 Å². The van der Waals surface area contributed by atoms with Gasteiger partial charge in [-0.3, -0.25) is 0 Å². The molecule has 1 atom stereocenters. The summed E-state index contributed by atoms with van der Waals surface area (Å²) in [5.41, 5.74) is 1.92. The Labute approximate surface area is 120 Å². The van der Waals surface area contributed by atoms with Crippen LogP contribution in [-0.2, 0) is 12.6 Å². The summed E-state index contributed by atoms with van der Waals surface area (Å²) in [6.07, 6.45) is -2.74. The number of rotatable bonds is 2. The van der Waals surface area contributed by atoms with Crippen LogP contribution in [0.2, 0.25) is 0 Å². The van der Waals surface area contributed by atoms with E-state index in [4.69, 9.17) is 0 Å². The topological polar surface area (TPSA) is 32.3 Å². The average Bonchev–Trinajstić information content (AvgIpc) is 2.83. The highest BCUT2D eigenvalue weighted by Gasteiger charge is 2.30. The van der Waals surface area contributed by atoms with Crippen LogP contribution in [0.15, 0.2) is 42.5 Å². The zero-order valence-corrected chi connectivity index (χ0v) is 11.1. The maximum absolute atomic E-state index is 12.5. The number of hydrogen-bond donors (Lipinski definition) is 2. The molecule has 0 aromatic heterocycles. The Hall–Kier alpha value is -2.17. The molecule has 0 aliphatic heterocycles. The molecular weight excluding hydrogens is 279 g/mol. The predicted molar refractivity (Wildman–Crippen MR) is 74.2 cm³/mol. The van der Waals surface area contributed by atoms with Crippen LogP contribution in [0.25, 0.3) is 0 Å². The molecule has 0 saturated carbocycles. The van der Waals surface area contributed by atoms with E-state index in [0.717, 1.165) is 36.1 Å². The molecule has 110 valence electrons. The second kappa shape index (κ2) is 4.98. The molecule has 0 radical (unpaired) electrons. The van der Waals surface area contributed by atoms with Crippen LogP contribution < -0.4 is 5.32 Å². The molecule has 1 unspecified atom stereocenters. The van der Waals surface area contributed by atoms with Gasteiger partial charge in [-0.1, -0.05) is 12.1 Å². The molecule has 21 heavy (non-hydrogen) atoms. The van der Waals surface area contributed by atoms with Crippen LogP contribution >= 0.6 is 0 Å². The van der Waals surface area contributed by atoms with Crippen molar-refractivity contribution in [2.75, 3.05) is 5.32 Å². The number of fused-ring (bicyclic) bond motifs is 1. The van der Waals surface area contributed by atoms with Crippen LogP contribution in [0.1, 0.15) is 29.2 Å². The van der Waals surface area contributed by atoms with Gasteiger partial charge >= 0.3 is 6.18 Å². The predicted octanol–water partition coefficient (Wildman–Crippen LogP) is 4.51. The van der Waals surface area contributed by atoms with Crippen molar-refractivity contribution >= 4 is 5.69 Å². The summed E-state index contributed by atoms with van der Waals surface area (Å²) < 4.78 is 37.6. The van der Waals surface area contributed by atoms with Crippen LogP contribution in [0.4, 0.5) is 18.9 Å².